The summed E-state index contributed by atoms with van der Waals surface area (Å²) in [6.07, 6.45) is 0. The Morgan fingerprint density at radius 1 is 0.647 bits per heavy atom. The quantitative estimate of drug-likeness (QED) is 0.689. The molecular weight excluding hydrogens is 224 g/mol. The van der Waals surface area contributed by atoms with Crippen molar-refractivity contribution in [2.75, 3.05) is 0 Å². The van der Waals surface area contributed by atoms with E-state index < -0.39 is 10.0 Å². The summed E-state index contributed by atoms with van der Waals surface area (Å²) >= 11 is 0. The SMILES string of the molecule is C=CS(C=C)(c1ccccc1)c1ccccc1. The molecule has 0 fully saturated rings. The molecule has 0 aliphatic carbocycles. The van der Waals surface area contributed by atoms with Crippen molar-refractivity contribution < 1.29 is 0 Å². The third kappa shape index (κ3) is 2.06. The molecule has 0 radical (unpaired) electrons. The first-order chi connectivity index (χ1) is 8.33. The molecule has 0 bridgehead atoms. The molecule has 0 atom stereocenters. The maximum absolute atomic E-state index is 4.02. The molecule has 0 aromatic heterocycles. The summed E-state index contributed by atoms with van der Waals surface area (Å²) in [4.78, 5) is 2.55. The van der Waals surface area contributed by atoms with Gasteiger partial charge in [-0.05, 0) is 35.1 Å². The zero-order valence-corrected chi connectivity index (χ0v) is 10.6. The molecule has 0 nitrogen and oxygen atoms in total. The van der Waals surface area contributed by atoms with Gasteiger partial charge in [0, 0.05) is 9.79 Å². The molecule has 1 heteroatoms. The van der Waals surface area contributed by atoms with Crippen molar-refractivity contribution in [1.82, 2.24) is 0 Å². The molecule has 0 unspecified atom stereocenters. The third-order valence-electron chi connectivity index (χ3n) is 2.79. The van der Waals surface area contributed by atoms with E-state index in [1.165, 1.54) is 9.79 Å². The van der Waals surface area contributed by atoms with Crippen molar-refractivity contribution in [3.8, 4) is 0 Å². The number of hydrogen-bond donors (Lipinski definition) is 0. The summed E-state index contributed by atoms with van der Waals surface area (Å²) in [5, 5.41) is 4.06. The topological polar surface area (TPSA) is 0 Å². The van der Waals surface area contributed by atoms with E-state index in [1.807, 2.05) is 22.9 Å². The molecule has 86 valence electrons. The molecule has 0 heterocycles. The monoisotopic (exact) mass is 240 g/mol. The van der Waals surface area contributed by atoms with E-state index in [0.717, 1.165) is 0 Å². The summed E-state index contributed by atoms with van der Waals surface area (Å²) in [5.41, 5.74) is 0. The van der Waals surface area contributed by atoms with Gasteiger partial charge in [0.1, 0.15) is 0 Å². The van der Waals surface area contributed by atoms with Crippen LogP contribution in [0.15, 0.2) is 94.4 Å². The Kier molecular flexibility index (Phi) is 3.50. The molecular formula is C16H16S. The first-order valence-electron chi connectivity index (χ1n) is 5.52. The lowest BCUT2D eigenvalue weighted by Crippen LogP contribution is -1.94. The first-order valence-corrected chi connectivity index (χ1v) is 7.28. The van der Waals surface area contributed by atoms with Gasteiger partial charge < -0.3 is 0 Å². The van der Waals surface area contributed by atoms with Crippen LogP contribution in [0.1, 0.15) is 0 Å². The molecule has 0 aliphatic heterocycles. The first kappa shape index (κ1) is 11.7. The maximum atomic E-state index is 4.02. The maximum Gasteiger partial charge on any atom is 0.00116 e. The summed E-state index contributed by atoms with van der Waals surface area (Å²) in [6.45, 7) is 8.05. The van der Waals surface area contributed by atoms with Gasteiger partial charge in [-0.15, -0.1) is 10.0 Å². The highest BCUT2D eigenvalue weighted by Gasteiger charge is 2.21. The van der Waals surface area contributed by atoms with Crippen LogP contribution >= 0.6 is 10.0 Å². The Bertz CT molecular complexity index is 450. The van der Waals surface area contributed by atoms with Crippen LogP contribution in [0.4, 0.5) is 0 Å². The zero-order valence-electron chi connectivity index (χ0n) is 9.75. The van der Waals surface area contributed by atoms with Crippen LogP contribution in [-0.2, 0) is 0 Å². The van der Waals surface area contributed by atoms with Crippen molar-refractivity contribution in [2.24, 2.45) is 0 Å². The molecule has 0 N–H and O–H groups in total. The molecule has 0 saturated carbocycles. The average molecular weight is 240 g/mol. The lowest BCUT2D eigenvalue weighted by atomic mass is 10.4. The smallest absolute Gasteiger partial charge is 0.00116 e. The van der Waals surface area contributed by atoms with E-state index in [1.54, 1.807) is 0 Å². The zero-order chi connectivity index (χ0) is 12.1. The Hall–Kier alpha value is -1.73. The van der Waals surface area contributed by atoms with Crippen LogP contribution < -0.4 is 0 Å². The summed E-state index contributed by atoms with van der Waals surface area (Å²) in [7, 11) is -1.30. The van der Waals surface area contributed by atoms with E-state index >= 15 is 0 Å². The summed E-state index contributed by atoms with van der Waals surface area (Å²) < 4.78 is 0. The van der Waals surface area contributed by atoms with E-state index in [0.29, 0.717) is 0 Å². The second kappa shape index (κ2) is 5.07. The van der Waals surface area contributed by atoms with Gasteiger partial charge in [-0.3, -0.25) is 0 Å². The normalized spacial score (nSPS) is 11.8. The number of hydrogen-bond acceptors (Lipinski definition) is 0. The van der Waals surface area contributed by atoms with Crippen LogP contribution in [0.2, 0.25) is 0 Å². The lowest BCUT2D eigenvalue weighted by molar-refractivity contribution is 1.38. The van der Waals surface area contributed by atoms with Gasteiger partial charge in [-0.1, -0.05) is 49.6 Å². The van der Waals surface area contributed by atoms with Crippen LogP contribution in [0.5, 0.6) is 0 Å². The van der Waals surface area contributed by atoms with Crippen LogP contribution in [0.3, 0.4) is 0 Å². The fourth-order valence-electron chi connectivity index (χ4n) is 1.88. The minimum Gasteiger partial charge on any atom is -0.148 e. The average Bonchev–Trinajstić information content (AvgIpc) is 2.43. The van der Waals surface area contributed by atoms with Gasteiger partial charge >= 0.3 is 0 Å². The van der Waals surface area contributed by atoms with Crippen molar-refractivity contribution in [3.05, 3.63) is 84.6 Å². The van der Waals surface area contributed by atoms with Gasteiger partial charge in [0.15, 0.2) is 0 Å². The fourth-order valence-corrected chi connectivity index (χ4v) is 4.27. The predicted octanol–water partition coefficient (Wildman–Crippen LogP) is 5.20. The fraction of sp³-hybridized carbons (Fsp3) is 0. The molecule has 0 aliphatic rings. The van der Waals surface area contributed by atoms with Gasteiger partial charge in [0.05, 0.1) is 0 Å². The highest BCUT2D eigenvalue weighted by Crippen LogP contribution is 2.64. The second-order valence-electron chi connectivity index (χ2n) is 3.67. The summed E-state index contributed by atoms with van der Waals surface area (Å²) in [6, 6.07) is 20.9. The highest BCUT2D eigenvalue weighted by atomic mass is 32.3. The van der Waals surface area contributed by atoms with Crippen molar-refractivity contribution in [3.63, 3.8) is 0 Å². The third-order valence-corrected chi connectivity index (χ3v) is 5.95. The van der Waals surface area contributed by atoms with E-state index in [9.17, 15) is 0 Å². The summed E-state index contributed by atoms with van der Waals surface area (Å²) in [5.74, 6) is 0. The lowest BCUT2D eigenvalue weighted by Gasteiger charge is -2.34. The molecule has 17 heavy (non-hydrogen) atoms. The van der Waals surface area contributed by atoms with Crippen molar-refractivity contribution in [1.29, 1.82) is 0 Å². The van der Waals surface area contributed by atoms with E-state index in [2.05, 4.69) is 61.7 Å². The highest BCUT2D eigenvalue weighted by molar-refractivity contribution is 8.38. The van der Waals surface area contributed by atoms with Gasteiger partial charge in [0.25, 0.3) is 0 Å². The Labute approximate surface area is 105 Å². The minimum atomic E-state index is -1.30. The molecule has 0 saturated heterocycles. The van der Waals surface area contributed by atoms with Crippen LogP contribution in [0, 0.1) is 0 Å². The van der Waals surface area contributed by atoms with Crippen molar-refractivity contribution >= 4 is 10.0 Å². The molecule has 0 amide bonds. The number of rotatable bonds is 4. The molecule has 2 aromatic carbocycles. The Morgan fingerprint density at radius 2 is 1.00 bits per heavy atom. The molecule has 2 aromatic rings. The Balaban J connectivity index is 2.62. The van der Waals surface area contributed by atoms with Crippen LogP contribution in [-0.4, -0.2) is 0 Å². The minimum absolute atomic E-state index is 1.27. The van der Waals surface area contributed by atoms with E-state index in [-0.39, 0.29) is 0 Å². The molecule has 2 rings (SSSR count). The Morgan fingerprint density at radius 3 is 1.29 bits per heavy atom. The standard InChI is InChI=1S/C16H16S/c1-3-17(4-2,15-11-7-5-8-12-15)16-13-9-6-10-14-16/h3-14H,1-2H2. The van der Waals surface area contributed by atoms with Crippen molar-refractivity contribution in [2.45, 2.75) is 9.79 Å². The largest absolute Gasteiger partial charge is 0.148 e. The molecule has 0 spiro atoms. The van der Waals surface area contributed by atoms with E-state index in [4.69, 9.17) is 0 Å². The second-order valence-corrected chi connectivity index (χ2v) is 6.70. The predicted molar refractivity (Wildman–Crippen MR) is 77.4 cm³/mol. The van der Waals surface area contributed by atoms with Gasteiger partial charge in [-0.25, -0.2) is 0 Å². The number of benzene rings is 2. The van der Waals surface area contributed by atoms with Crippen LogP contribution in [0.25, 0.3) is 0 Å². The van der Waals surface area contributed by atoms with Gasteiger partial charge in [-0.2, -0.15) is 0 Å². The van der Waals surface area contributed by atoms with Gasteiger partial charge in [0.2, 0.25) is 0 Å².